The molecule has 5 N–H and O–H groups in total. The predicted octanol–water partition coefficient (Wildman–Crippen LogP) is 8.65. The lowest BCUT2D eigenvalue weighted by Crippen LogP contribution is -2.24. The maximum Gasteiger partial charge on any atom is 0.351 e. The van der Waals surface area contributed by atoms with Gasteiger partial charge in [-0.1, -0.05) is 23.2 Å². The Bertz CT molecular complexity index is 6300. The van der Waals surface area contributed by atoms with Crippen molar-refractivity contribution in [1.29, 1.82) is 0 Å². The van der Waals surface area contributed by atoms with Crippen molar-refractivity contribution < 1.29 is 102 Å². The number of rotatable bonds is 40. The lowest BCUT2D eigenvalue weighted by Gasteiger charge is -2.11. The van der Waals surface area contributed by atoms with Crippen LogP contribution in [0.1, 0.15) is 32.1 Å². The molecule has 0 spiro atoms. The second-order valence-corrected chi connectivity index (χ2v) is 27.9. The molecule has 0 aromatic heterocycles. The second kappa shape index (κ2) is 48.7. The highest BCUT2D eigenvalue weighted by Crippen LogP contribution is 2.38. The van der Waals surface area contributed by atoms with Gasteiger partial charge in [0.05, 0.1) is 104 Å². The summed E-state index contributed by atoms with van der Waals surface area (Å²) >= 11 is 12.6. The molecule has 10 aliphatic heterocycles. The van der Waals surface area contributed by atoms with Gasteiger partial charge in [0.1, 0.15) is 66.8 Å². The molecule has 129 heavy (non-hydrogen) atoms. The van der Waals surface area contributed by atoms with Gasteiger partial charge < -0.3 is 93.1 Å². The minimum atomic E-state index is -0.855. The number of fused-ring (bicyclic) bond motifs is 10. The van der Waals surface area contributed by atoms with Gasteiger partial charge >= 0.3 is 28.4 Å². The van der Waals surface area contributed by atoms with Gasteiger partial charge in [-0.15, -0.1) is 0 Å². The number of ether oxygens (including phenoxy) is 15. The molecule has 10 aliphatic rings. The maximum absolute atomic E-state index is 14.6. The quantitative estimate of drug-likeness (QED) is 0.0177. The minimum absolute atomic E-state index is 0.00433. The summed E-state index contributed by atoms with van der Waals surface area (Å²) in [5.41, 5.74) is -4.82. The van der Waals surface area contributed by atoms with Gasteiger partial charge in [0, 0.05) is 146 Å². The molecule has 5 aromatic rings. The zero-order valence-corrected chi connectivity index (χ0v) is 71.4. The summed E-state index contributed by atoms with van der Waals surface area (Å²) in [5, 5.41) is 3.27. The van der Waals surface area contributed by atoms with Crippen molar-refractivity contribution >= 4 is 78.0 Å². The standard InChI is InChI=1S/2C17H17ClN2O6.2C17H17FN2O6.C17H18N2O6/c1-23-7-8-24-5-2-6-25-12-4-3-10-9-11-15(21)19-17(22)20-16(11)26-14(10)13(12)18;1-23-5-6-24-3-2-4-25-14-9-13-10(8-12(14)18)7-11-15(21)19-17(22)20-16(11)26-13;1-23-7-8-24-5-2-6-25-12-4-3-10-9-11-15(21)19-17(22)20-16(11)26-14(10)13(12)18;1-23-5-6-24-3-2-4-25-14-9-13-10(8-12(14)18)7-11-15(21)19-17(22)20-16(11)26-13;1-22-7-8-23-5-2-6-24-12-4-3-11-9-13-15(20)18-17(21)19-16(13)25-14(11)10-12/h3-4,9H,2,5-8H2,1H3,(H,19,21,22);7-9H,2-6H2,1H3,(H,19,21,22);3-4,9H,2,5-8H2,1H3,(H,19,21,22);7-9H,2-6H2,1H3,(H,19,21,22);3-4,9-10H,2,5-8H2,1H3,(H,18,20,21). The predicted molar refractivity (Wildman–Crippen MR) is 462 cm³/mol. The highest BCUT2D eigenvalue weighted by atomic mass is 35.5. The number of hydrogen-bond donors (Lipinski definition) is 5. The van der Waals surface area contributed by atoms with Crippen LogP contribution in [0.5, 0.6) is 28.7 Å². The molecule has 0 saturated carbocycles. The Morgan fingerprint density at radius 2 is 0.605 bits per heavy atom. The topological polar surface area (TPSA) is 518 Å². The van der Waals surface area contributed by atoms with Crippen molar-refractivity contribution in [3.8, 4) is 86.0 Å². The molecule has 40 nitrogen and oxygen atoms in total. The lowest BCUT2D eigenvalue weighted by molar-refractivity contribution is 0.0642. The molecule has 0 fully saturated rings. The van der Waals surface area contributed by atoms with Gasteiger partial charge in [0.2, 0.25) is 35.3 Å². The van der Waals surface area contributed by atoms with Crippen LogP contribution in [0.4, 0.5) is 8.78 Å². The Morgan fingerprint density at radius 3 is 1.02 bits per heavy atom. The van der Waals surface area contributed by atoms with E-state index in [1.54, 1.807) is 102 Å². The molecule has 0 atom stereocenters. The Morgan fingerprint density at radius 1 is 0.295 bits per heavy atom. The monoisotopic (exact) mass is 1830 g/mol. The van der Waals surface area contributed by atoms with E-state index in [0.29, 0.717) is 211 Å². The third kappa shape index (κ3) is 27.5. The Hall–Kier alpha value is -13.1. The van der Waals surface area contributed by atoms with E-state index in [0.717, 1.165) is 6.42 Å². The summed E-state index contributed by atoms with van der Waals surface area (Å²) in [6.45, 7) is 9.74. The summed E-state index contributed by atoms with van der Waals surface area (Å²) in [4.78, 5) is 144. The molecule has 44 heteroatoms. The van der Waals surface area contributed by atoms with Crippen LogP contribution in [0.15, 0.2) is 167 Å². The zero-order valence-electron chi connectivity index (χ0n) is 69.9. The fraction of sp³-hybridized carbons (Fsp3) is 0.353. The molecule has 0 aliphatic carbocycles. The zero-order chi connectivity index (χ0) is 91.7. The van der Waals surface area contributed by atoms with Gasteiger partial charge in [-0.25, -0.2) is 28.4 Å². The molecule has 0 amide bonds. The van der Waals surface area contributed by atoms with E-state index >= 15 is 0 Å². The summed E-state index contributed by atoms with van der Waals surface area (Å²) in [6.07, 6.45) is 3.26. The summed E-state index contributed by atoms with van der Waals surface area (Å²) in [5.74, 6) is -0.250. The highest BCUT2D eigenvalue weighted by Gasteiger charge is 2.24. The number of aromatic amines is 5. The maximum atomic E-state index is 14.6. The first kappa shape index (κ1) is 96.5. The molecule has 15 rings (SSSR count). The molecule has 0 unspecified atom stereocenters. The van der Waals surface area contributed by atoms with Crippen molar-refractivity contribution in [2.75, 3.05) is 168 Å². The fourth-order valence-corrected chi connectivity index (χ4v) is 12.3. The van der Waals surface area contributed by atoms with Gasteiger partial charge in [-0.3, -0.25) is 48.9 Å². The number of H-pyrrole nitrogens is 5. The van der Waals surface area contributed by atoms with Crippen molar-refractivity contribution in [1.82, 2.24) is 49.8 Å². The summed E-state index contributed by atoms with van der Waals surface area (Å²) in [6, 6.07) is 25.1. The van der Waals surface area contributed by atoms with E-state index in [2.05, 4.69) is 39.9 Å². The average molecular weight is 1840 g/mol. The second-order valence-electron chi connectivity index (χ2n) is 27.2. The van der Waals surface area contributed by atoms with Crippen LogP contribution in [-0.4, -0.2) is 218 Å². The van der Waals surface area contributed by atoms with Gasteiger partial charge in [0.15, 0.2) is 28.5 Å². The van der Waals surface area contributed by atoms with Crippen LogP contribution >= 0.6 is 23.2 Å². The first-order chi connectivity index (χ1) is 62.5. The normalized spacial score (nSPS) is 11.3. The summed E-state index contributed by atoms with van der Waals surface area (Å²) < 4.78 is 135. The van der Waals surface area contributed by atoms with E-state index in [-0.39, 0.29) is 98.2 Å². The Labute approximate surface area is 735 Å². The van der Waals surface area contributed by atoms with E-state index in [4.69, 9.17) is 116 Å². The molecule has 0 radical (unpaired) electrons. The van der Waals surface area contributed by atoms with E-state index in [1.807, 2.05) is 9.97 Å². The summed E-state index contributed by atoms with van der Waals surface area (Å²) in [7, 11) is 8.04. The van der Waals surface area contributed by atoms with Gasteiger partial charge in [0.25, 0.3) is 27.8 Å². The average Bonchev–Trinajstić information content (AvgIpc) is 0.707. The lowest BCUT2D eigenvalue weighted by atomic mass is 10.1. The number of aromatic nitrogens is 10. The molecular weight excluding hydrogens is 1750 g/mol. The van der Waals surface area contributed by atoms with Crippen molar-refractivity contribution in [2.45, 2.75) is 32.1 Å². The van der Waals surface area contributed by atoms with Crippen LogP contribution in [0.3, 0.4) is 0 Å². The van der Waals surface area contributed by atoms with Crippen LogP contribution < -0.4 is 79.9 Å². The SMILES string of the molecule is COCCOCCCOc1cc2oc3nc(=O)[nH]c(=O)c-3cc2cc1Cl.COCCOCCCOc1cc2oc3nc(=O)[nH]c(=O)c-3cc2cc1F.COCCOCCCOc1ccc2cc3c(=O)[nH]c(=O)nc-3oc2c1.COCCOCCCOc1ccc2cc3c(=O)[nH]c(=O)nc-3oc2c1Cl.COCCOCCCOc1ccc2cc3c(=O)[nH]c(=O)nc-3oc2c1F. The third-order valence-electron chi connectivity index (χ3n) is 17.9. The molecule has 0 saturated heterocycles. The number of nitrogens with zero attached hydrogens (tertiary/aromatic N) is 5. The third-order valence-corrected chi connectivity index (χ3v) is 18.6. The first-order valence-electron chi connectivity index (χ1n) is 39.7. The van der Waals surface area contributed by atoms with E-state index in [9.17, 15) is 56.7 Å². The Kier molecular flexibility index (Phi) is 36.5. The van der Waals surface area contributed by atoms with Crippen LogP contribution in [0.25, 0.3) is 112 Å². The molecule has 0 bridgehead atoms. The highest BCUT2D eigenvalue weighted by molar-refractivity contribution is 6.36. The van der Waals surface area contributed by atoms with E-state index in [1.165, 1.54) is 30.3 Å². The fourth-order valence-electron chi connectivity index (χ4n) is 11.8. The number of benzene rings is 5. The van der Waals surface area contributed by atoms with Crippen molar-refractivity contribution in [3.05, 3.63) is 223 Å². The van der Waals surface area contributed by atoms with Gasteiger partial charge in [-0.2, -0.15) is 29.3 Å². The first-order valence-corrected chi connectivity index (χ1v) is 40.4. The number of methoxy groups -OCH3 is 5. The molecular formula is C85H86Cl2F2N10O30. The Balaban J connectivity index is 0.000000156. The van der Waals surface area contributed by atoms with Gasteiger partial charge in [-0.05, 0) is 78.9 Å². The van der Waals surface area contributed by atoms with Crippen LogP contribution in [-0.2, 0) is 47.4 Å². The van der Waals surface area contributed by atoms with Crippen LogP contribution in [0, 0.1) is 11.6 Å². The molecule has 5 aromatic carbocycles. The number of hydrogen-bond acceptors (Lipinski definition) is 35. The van der Waals surface area contributed by atoms with Crippen LogP contribution in [0.2, 0.25) is 10.0 Å². The number of halogens is 4. The molecule has 10 heterocycles. The number of nitrogens with one attached hydrogen (secondary N) is 5. The largest absolute Gasteiger partial charge is 0.493 e. The minimum Gasteiger partial charge on any atom is -0.493 e. The van der Waals surface area contributed by atoms with Crippen molar-refractivity contribution in [3.63, 3.8) is 0 Å². The van der Waals surface area contributed by atoms with E-state index < -0.39 is 67.9 Å². The smallest absolute Gasteiger partial charge is 0.351 e. The molecule has 684 valence electrons. The van der Waals surface area contributed by atoms with Crippen molar-refractivity contribution in [2.24, 2.45) is 0 Å².